The number of nitrogens with zero attached hydrogens (tertiary/aromatic N) is 3. The molecule has 3 aliphatic rings. The highest BCUT2D eigenvalue weighted by atomic mass is 16.5. The fourth-order valence-corrected chi connectivity index (χ4v) is 3.98. The zero-order valence-electron chi connectivity index (χ0n) is 16.4. The second-order valence-corrected chi connectivity index (χ2v) is 7.49. The lowest BCUT2D eigenvalue weighted by Gasteiger charge is -2.28. The summed E-state index contributed by atoms with van der Waals surface area (Å²) >= 11 is 0. The van der Waals surface area contributed by atoms with E-state index in [0.29, 0.717) is 11.3 Å². The molecule has 5 rings (SSSR count). The average molecular weight is 402 g/mol. The Labute approximate surface area is 174 Å². The summed E-state index contributed by atoms with van der Waals surface area (Å²) in [5.41, 5.74) is 5.33. The predicted octanol–water partition coefficient (Wildman–Crippen LogP) is 2.89. The summed E-state index contributed by atoms with van der Waals surface area (Å²) in [5, 5.41) is 14.6. The summed E-state index contributed by atoms with van der Waals surface area (Å²) in [6.45, 7) is 3.93. The molecule has 7 heteroatoms. The van der Waals surface area contributed by atoms with Gasteiger partial charge in [0, 0.05) is 55.0 Å². The number of hydroxylamine groups is 2. The van der Waals surface area contributed by atoms with E-state index in [9.17, 15) is 10.0 Å². The number of aromatic nitrogens is 1. The third-order valence-corrected chi connectivity index (χ3v) is 5.52. The number of amides is 1. The number of carbonyl (C=O) groups is 1. The van der Waals surface area contributed by atoms with Crippen molar-refractivity contribution in [3.8, 4) is 11.1 Å². The van der Waals surface area contributed by atoms with Gasteiger partial charge in [0.25, 0.3) is 5.91 Å². The highest BCUT2D eigenvalue weighted by molar-refractivity contribution is 6.32. The van der Waals surface area contributed by atoms with Crippen LogP contribution in [0.2, 0.25) is 0 Å². The summed E-state index contributed by atoms with van der Waals surface area (Å²) in [7, 11) is 0. The van der Waals surface area contributed by atoms with Crippen LogP contribution >= 0.6 is 0 Å². The Kier molecular flexibility index (Phi) is 4.92. The summed E-state index contributed by atoms with van der Waals surface area (Å²) in [6, 6.07) is 9.66. The average Bonchev–Trinajstić information content (AvgIpc) is 3.10. The number of allylic oxidation sites excluding steroid dienone is 1. The van der Waals surface area contributed by atoms with Gasteiger partial charge >= 0.3 is 0 Å². The van der Waals surface area contributed by atoms with Gasteiger partial charge < -0.3 is 10.1 Å². The van der Waals surface area contributed by atoms with Crippen LogP contribution in [-0.2, 0) is 9.53 Å². The zero-order chi connectivity index (χ0) is 20.5. The number of hydrogen-bond donors (Lipinski definition) is 2. The van der Waals surface area contributed by atoms with E-state index in [0.717, 1.165) is 65.9 Å². The molecule has 3 aliphatic heterocycles. The van der Waals surface area contributed by atoms with Gasteiger partial charge in [-0.3, -0.25) is 19.9 Å². The first kappa shape index (κ1) is 18.7. The molecule has 0 unspecified atom stereocenters. The number of hydrogen-bond acceptors (Lipinski definition) is 6. The van der Waals surface area contributed by atoms with Gasteiger partial charge in [0.15, 0.2) is 0 Å². The second kappa shape index (κ2) is 7.87. The van der Waals surface area contributed by atoms with Crippen molar-refractivity contribution in [2.45, 2.75) is 0 Å². The quantitative estimate of drug-likeness (QED) is 0.769. The number of fused-ring (bicyclic) bond motifs is 1. The van der Waals surface area contributed by atoms with Crippen LogP contribution < -0.4 is 5.32 Å². The van der Waals surface area contributed by atoms with Crippen LogP contribution in [0.4, 0.5) is 5.69 Å². The Morgan fingerprint density at radius 3 is 2.77 bits per heavy atom. The molecule has 1 aromatic carbocycles. The standard InChI is InChI=1S/C23H22N4O3/c28-23-22(19-12-17(4-5-20(19)25-23)18-2-1-7-24-13-18)21-6-3-16(15-27(21)29)14-26-8-10-30-11-9-26/h1-7,12-13,15,29H,8-11,14H2,(H,25,28). The predicted molar refractivity (Wildman–Crippen MR) is 113 cm³/mol. The van der Waals surface area contributed by atoms with Gasteiger partial charge in [-0.1, -0.05) is 18.2 Å². The lowest BCUT2D eigenvalue weighted by Crippen LogP contribution is -2.37. The maximum atomic E-state index is 12.7. The highest BCUT2D eigenvalue weighted by Crippen LogP contribution is 2.38. The van der Waals surface area contributed by atoms with Crippen molar-refractivity contribution < 1.29 is 14.7 Å². The van der Waals surface area contributed by atoms with Crippen molar-refractivity contribution in [2.24, 2.45) is 0 Å². The summed E-state index contributed by atoms with van der Waals surface area (Å²) in [5.74, 6) is -0.225. The summed E-state index contributed by atoms with van der Waals surface area (Å²) in [4.78, 5) is 19.2. The van der Waals surface area contributed by atoms with E-state index in [1.807, 2.05) is 36.4 Å². The fourth-order valence-electron chi connectivity index (χ4n) is 3.98. The maximum Gasteiger partial charge on any atom is 0.258 e. The van der Waals surface area contributed by atoms with Gasteiger partial charge in [0.2, 0.25) is 0 Å². The van der Waals surface area contributed by atoms with Crippen molar-refractivity contribution >= 4 is 17.2 Å². The minimum atomic E-state index is -0.225. The van der Waals surface area contributed by atoms with Gasteiger partial charge in [0.05, 0.1) is 24.5 Å². The van der Waals surface area contributed by atoms with Gasteiger partial charge in [-0.05, 0) is 35.4 Å². The molecule has 0 spiro atoms. The number of ether oxygens (including phenoxy) is 1. The largest absolute Gasteiger partial charge is 0.379 e. The smallest absolute Gasteiger partial charge is 0.258 e. The SMILES string of the molecule is O=C1Nc2ccc(-c3cccnc3)cc2C1=C1C=CC(CN2CCOCC2)=CN1O. The van der Waals surface area contributed by atoms with Crippen molar-refractivity contribution in [1.29, 1.82) is 0 Å². The molecule has 1 amide bonds. The van der Waals surface area contributed by atoms with E-state index in [1.54, 1.807) is 24.7 Å². The molecular formula is C23H22N4O3. The first-order valence-electron chi connectivity index (χ1n) is 9.96. The molecule has 2 aromatic rings. The van der Waals surface area contributed by atoms with Crippen LogP contribution in [0.3, 0.4) is 0 Å². The molecule has 1 aromatic heterocycles. The number of rotatable bonds is 3. The van der Waals surface area contributed by atoms with Crippen molar-refractivity contribution in [3.63, 3.8) is 0 Å². The maximum absolute atomic E-state index is 12.7. The number of carbonyl (C=O) groups excluding carboxylic acids is 1. The third-order valence-electron chi connectivity index (χ3n) is 5.52. The lowest BCUT2D eigenvalue weighted by molar-refractivity contribution is -0.111. The molecule has 0 saturated carbocycles. The Bertz CT molecular complexity index is 1070. The Hall–Kier alpha value is -3.26. The summed E-state index contributed by atoms with van der Waals surface area (Å²) < 4.78 is 5.39. The fraction of sp³-hybridized carbons (Fsp3) is 0.217. The Balaban J connectivity index is 1.46. The second-order valence-electron chi connectivity index (χ2n) is 7.49. The molecule has 1 saturated heterocycles. The normalized spacial score (nSPS) is 21.4. The molecule has 0 atom stereocenters. The first-order valence-corrected chi connectivity index (χ1v) is 9.96. The first-order chi connectivity index (χ1) is 14.7. The van der Waals surface area contributed by atoms with Crippen LogP contribution in [0, 0.1) is 0 Å². The minimum absolute atomic E-state index is 0.225. The van der Waals surface area contributed by atoms with E-state index < -0.39 is 0 Å². The third kappa shape index (κ3) is 3.54. The van der Waals surface area contributed by atoms with Crippen molar-refractivity contribution in [2.75, 3.05) is 38.2 Å². The summed E-state index contributed by atoms with van der Waals surface area (Å²) in [6.07, 6.45) is 8.95. The molecule has 2 N–H and O–H groups in total. The van der Waals surface area contributed by atoms with E-state index >= 15 is 0 Å². The molecule has 30 heavy (non-hydrogen) atoms. The Morgan fingerprint density at radius 2 is 2.00 bits per heavy atom. The van der Waals surface area contributed by atoms with E-state index in [4.69, 9.17) is 4.74 Å². The Morgan fingerprint density at radius 1 is 1.13 bits per heavy atom. The van der Waals surface area contributed by atoms with Gasteiger partial charge in [-0.15, -0.1) is 0 Å². The monoisotopic (exact) mass is 402 g/mol. The lowest BCUT2D eigenvalue weighted by atomic mass is 9.98. The van der Waals surface area contributed by atoms with Crippen LogP contribution in [0.25, 0.3) is 16.7 Å². The number of anilines is 1. The highest BCUT2D eigenvalue weighted by Gasteiger charge is 2.30. The number of pyridine rings is 1. The number of nitrogens with one attached hydrogen (secondary N) is 1. The van der Waals surface area contributed by atoms with Gasteiger partial charge in [-0.2, -0.15) is 0 Å². The molecule has 0 bridgehead atoms. The van der Waals surface area contributed by atoms with Gasteiger partial charge in [-0.25, -0.2) is 5.06 Å². The topological polar surface area (TPSA) is 77.9 Å². The van der Waals surface area contributed by atoms with Crippen molar-refractivity contribution in [1.82, 2.24) is 14.9 Å². The molecule has 4 heterocycles. The molecule has 152 valence electrons. The van der Waals surface area contributed by atoms with Crippen LogP contribution in [0.5, 0.6) is 0 Å². The van der Waals surface area contributed by atoms with Crippen molar-refractivity contribution in [3.05, 3.63) is 77.9 Å². The molecular weight excluding hydrogens is 380 g/mol. The number of morpholine rings is 1. The molecule has 0 radical (unpaired) electrons. The van der Waals surface area contributed by atoms with E-state index in [1.165, 1.54) is 0 Å². The van der Waals surface area contributed by atoms with Crippen LogP contribution in [0.15, 0.2) is 72.3 Å². The van der Waals surface area contributed by atoms with E-state index in [-0.39, 0.29) is 5.91 Å². The van der Waals surface area contributed by atoms with Gasteiger partial charge in [0.1, 0.15) is 0 Å². The zero-order valence-corrected chi connectivity index (χ0v) is 16.4. The minimum Gasteiger partial charge on any atom is -0.379 e. The molecule has 1 fully saturated rings. The molecule has 7 nitrogen and oxygen atoms in total. The van der Waals surface area contributed by atoms with E-state index in [2.05, 4.69) is 15.2 Å². The number of benzene rings is 1. The molecule has 0 aliphatic carbocycles. The van der Waals surface area contributed by atoms with Crippen LogP contribution in [0.1, 0.15) is 5.56 Å². The van der Waals surface area contributed by atoms with Crippen LogP contribution in [-0.4, -0.2) is 58.9 Å².